The molecule has 0 aromatic heterocycles. The van der Waals surface area contributed by atoms with Crippen molar-refractivity contribution in [2.75, 3.05) is 6.54 Å². The number of nitrogens with zero attached hydrogens (tertiary/aromatic N) is 1. The van der Waals surface area contributed by atoms with Crippen molar-refractivity contribution in [2.45, 2.75) is 34.1 Å². The molecule has 0 aliphatic carbocycles. The second-order valence-electron chi connectivity index (χ2n) is 4.20. The molecule has 1 aromatic carbocycles. The normalized spacial score (nSPS) is 12.4. The lowest BCUT2D eigenvalue weighted by Crippen LogP contribution is -1.88. The van der Waals surface area contributed by atoms with E-state index < -0.39 is 0 Å². The summed E-state index contributed by atoms with van der Waals surface area (Å²) in [4.78, 5) is 4.43. The molecule has 0 spiro atoms. The Morgan fingerprint density at radius 2 is 2.00 bits per heavy atom. The molecule has 1 rings (SSSR count). The third-order valence-electron chi connectivity index (χ3n) is 2.63. The van der Waals surface area contributed by atoms with Crippen LogP contribution in [0.15, 0.2) is 29.3 Å². The summed E-state index contributed by atoms with van der Waals surface area (Å²) in [5, 5.41) is 0. The summed E-state index contributed by atoms with van der Waals surface area (Å²) in [6, 6.07) is 6.51. The molecule has 0 fully saturated rings. The van der Waals surface area contributed by atoms with E-state index in [0.717, 1.165) is 18.7 Å². The quantitative estimate of drug-likeness (QED) is 0.668. The van der Waals surface area contributed by atoms with Crippen molar-refractivity contribution in [3.8, 4) is 0 Å². The second-order valence-corrected chi connectivity index (χ2v) is 4.20. The number of hydrogen-bond acceptors (Lipinski definition) is 1. The molecule has 0 saturated carbocycles. The number of rotatable bonds is 4. The maximum Gasteiger partial charge on any atom is 0.0389 e. The Balaban J connectivity index is 2.72. The Bertz CT molecular complexity index is 400. The van der Waals surface area contributed by atoms with Crippen LogP contribution in [0.3, 0.4) is 0 Å². The van der Waals surface area contributed by atoms with Gasteiger partial charge < -0.3 is 0 Å². The van der Waals surface area contributed by atoms with Gasteiger partial charge in [0, 0.05) is 12.3 Å². The number of benzene rings is 1. The predicted molar refractivity (Wildman–Crippen MR) is 73.2 cm³/mol. The predicted octanol–water partition coefficient (Wildman–Crippen LogP) is 4.19. The van der Waals surface area contributed by atoms with Gasteiger partial charge in [-0.1, -0.05) is 31.2 Å². The van der Waals surface area contributed by atoms with Crippen LogP contribution in [0.5, 0.6) is 0 Å². The number of aliphatic imine (C=N–C) groups is 1. The number of allylic oxidation sites excluding steroid dienone is 1. The molecule has 1 aromatic rings. The van der Waals surface area contributed by atoms with Gasteiger partial charge in [0.25, 0.3) is 0 Å². The Labute approximate surface area is 98.9 Å². The summed E-state index contributed by atoms with van der Waals surface area (Å²) in [5.74, 6) is 0. The van der Waals surface area contributed by atoms with Crippen molar-refractivity contribution in [1.82, 2.24) is 0 Å². The van der Waals surface area contributed by atoms with Gasteiger partial charge in [-0.2, -0.15) is 0 Å². The Hall–Kier alpha value is -1.37. The smallest absolute Gasteiger partial charge is 0.0389 e. The molecular weight excluding hydrogens is 194 g/mol. The van der Waals surface area contributed by atoms with E-state index >= 15 is 0 Å². The highest BCUT2D eigenvalue weighted by Crippen LogP contribution is 2.11. The molecule has 86 valence electrons. The fourth-order valence-electron chi connectivity index (χ4n) is 1.43. The summed E-state index contributed by atoms with van der Waals surface area (Å²) >= 11 is 0. The molecule has 0 aliphatic rings. The first-order valence-electron chi connectivity index (χ1n) is 5.90. The van der Waals surface area contributed by atoms with Gasteiger partial charge in [0.1, 0.15) is 0 Å². The van der Waals surface area contributed by atoms with Crippen LogP contribution in [0, 0.1) is 13.8 Å². The standard InChI is InChI=1S/C15H21N/c1-5-10-16-14(4)7-9-15-8-6-12(2)13(3)11-15/h6-9,11H,5,10H2,1-4H3/b9-7+,16-14?. The zero-order valence-electron chi connectivity index (χ0n) is 10.7. The van der Waals surface area contributed by atoms with Crippen molar-refractivity contribution in [2.24, 2.45) is 4.99 Å². The lowest BCUT2D eigenvalue weighted by atomic mass is 10.1. The second kappa shape index (κ2) is 6.26. The Morgan fingerprint density at radius 1 is 1.25 bits per heavy atom. The highest BCUT2D eigenvalue weighted by Gasteiger charge is 1.92. The fourth-order valence-corrected chi connectivity index (χ4v) is 1.43. The van der Waals surface area contributed by atoms with Crippen LogP contribution >= 0.6 is 0 Å². The Morgan fingerprint density at radius 3 is 2.62 bits per heavy atom. The fraction of sp³-hybridized carbons (Fsp3) is 0.400. The van der Waals surface area contributed by atoms with Crippen molar-refractivity contribution in [3.63, 3.8) is 0 Å². The summed E-state index contributed by atoms with van der Waals surface area (Å²) in [6.45, 7) is 9.39. The van der Waals surface area contributed by atoms with Gasteiger partial charge in [-0.25, -0.2) is 0 Å². The zero-order valence-corrected chi connectivity index (χ0v) is 10.7. The average Bonchev–Trinajstić information content (AvgIpc) is 2.28. The van der Waals surface area contributed by atoms with Crippen LogP contribution in [0.25, 0.3) is 6.08 Å². The molecule has 0 aliphatic heterocycles. The van der Waals surface area contributed by atoms with Crippen molar-refractivity contribution in [3.05, 3.63) is 41.0 Å². The van der Waals surface area contributed by atoms with Crippen LogP contribution < -0.4 is 0 Å². The highest BCUT2D eigenvalue weighted by atomic mass is 14.7. The Kier molecular flexibility index (Phi) is 4.97. The van der Waals surface area contributed by atoms with Gasteiger partial charge in [-0.3, -0.25) is 4.99 Å². The van der Waals surface area contributed by atoms with Crippen LogP contribution in [-0.2, 0) is 0 Å². The minimum atomic E-state index is 0.920. The molecule has 0 amide bonds. The van der Waals surface area contributed by atoms with Gasteiger partial charge in [0.05, 0.1) is 0 Å². The maximum atomic E-state index is 4.43. The van der Waals surface area contributed by atoms with Crippen molar-refractivity contribution in [1.29, 1.82) is 0 Å². The minimum Gasteiger partial charge on any atom is -0.290 e. The van der Waals surface area contributed by atoms with Crippen molar-refractivity contribution >= 4 is 11.8 Å². The average molecular weight is 215 g/mol. The third-order valence-corrected chi connectivity index (χ3v) is 2.63. The van der Waals surface area contributed by atoms with Crippen molar-refractivity contribution < 1.29 is 0 Å². The number of aryl methyl sites for hydroxylation is 2. The van der Waals surface area contributed by atoms with Gasteiger partial charge in [-0.15, -0.1) is 0 Å². The number of hydrogen-bond donors (Lipinski definition) is 0. The van der Waals surface area contributed by atoms with Gasteiger partial charge in [-0.05, 0) is 50.0 Å². The first kappa shape index (κ1) is 12.7. The van der Waals surface area contributed by atoms with E-state index in [0.29, 0.717) is 0 Å². The van der Waals surface area contributed by atoms with E-state index in [-0.39, 0.29) is 0 Å². The molecule has 1 nitrogen and oxygen atoms in total. The summed E-state index contributed by atoms with van der Waals surface area (Å²) < 4.78 is 0. The van der Waals surface area contributed by atoms with Crippen LogP contribution in [0.1, 0.15) is 37.0 Å². The summed E-state index contributed by atoms with van der Waals surface area (Å²) in [5.41, 5.74) is 5.02. The lowest BCUT2D eigenvalue weighted by molar-refractivity contribution is 0.932. The molecule has 1 heteroatoms. The molecule has 0 atom stereocenters. The van der Waals surface area contributed by atoms with E-state index in [1.54, 1.807) is 0 Å². The first-order chi connectivity index (χ1) is 7.63. The largest absolute Gasteiger partial charge is 0.290 e. The lowest BCUT2D eigenvalue weighted by Gasteiger charge is -2.00. The van der Waals surface area contributed by atoms with Crippen LogP contribution in [-0.4, -0.2) is 12.3 Å². The van der Waals surface area contributed by atoms with Gasteiger partial charge in [0.15, 0.2) is 0 Å². The molecule has 0 unspecified atom stereocenters. The minimum absolute atomic E-state index is 0.920. The van der Waals surface area contributed by atoms with Crippen LogP contribution in [0.4, 0.5) is 0 Å². The van der Waals surface area contributed by atoms with E-state index in [2.05, 4.69) is 56.1 Å². The topological polar surface area (TPSA) is 12.4 Å². The molecule has 0 saturated heterocycles. The first-order valence-corrected chi connectivity index (χ1v) is 5.90. The third kappa shape index (κ3) is 4.01. The molecule has 0 heterocycles. The molecule has 0 bridgehead atoms. The van der Waals surface area contributed by atoms with E-state index in [4.69, 9.17) is 0 Å². The van der Waals surface area contributed by atoms with E-state index in [9.17, 15) is 0 Å². The van der Waals surface area contributed by atoms with E-state index in [1.165, 1.54) is 16.7 Å². The summed E-state index contributed by atoms with van der Waals surface area (Å²) in [6.07, 6.45) is 5.31. The monoisotopic (exact) mass is 215 g/mol. The van der Waals surface area contributed by atoms with Crippen LogP contribution in [0.2, 0.25) is 0 Å². The SMILES string of the molecule is CCCN=C(C)/C=C/c1ccc(C)c(C)c1. The highest BCUT2D eigenvalue weighted by molar-refractivity contribution is 5.96. The molecule has 0 radical (unpaired) electrons. The van der Waals surface area contributed by atoms with E-state index in [1.807, 2.05) is 6.92 Å². The summed E-state index contributed by atoms with van der Waals surface area (Å²) in [7, 11) is 0. The molecular formula is C15H21N. The zero-order chi connectivity index (χ0) is 12.0. The maximum absolute atomic E-state index is 4.43. The van der Waals surface area contributed by atoms with Gasteiger partial charge >= 0.3 is 0 Å². The molecule has 16 heavy (non-hydrogen) atoms. The van der Waals surface area contributed by atoms with Gasteiger partial charge in [0.2, 0.25) is 0 Å². The molecule has 0 N–H and O–H groups in total.